The number of carbonyl (C=O) groups excluding carboxylic acids is 1. The van der Waals surface area contributed by atoms with Gasteiger partial charge in [-0.15, -0.1) is 11.3 Å². The fraction of sp³-hybridized carbons (Fsp3) is 0.214. The maximum absolute atomic E-state index is 12.2. The van der Waals surface area contributed by atoms with E-state index in [1.54, 1.807) is 36.6 Å². The number of nitrogens with one attached hydrogen (secondary N) is 1. The van der Waals surface area contributed by atoms with Crippen molar-refractivity contribution in [1.82, 2.24) is 5.32 Å². The smallest absolute Gasteiger partial charge is 0.254 e. The molecule has 1 aromatic carbocycles. The van der Waals surface area contributed by atoms with Crippen LogP contribution in [0.4, 0.5) is 5.69 Å². The number of nitrogens with two attached hydrogens (primary N) is 1. The van der Waals surface area contributed by atoms with Crippen LogP contribution >= 0.6 is 11.3 Å². The highest BCUT2D eigenvalue weighted by molar-refractivity contribution is 7.10. The van der Waals surface area contributed by atoms with Crippen molar-refractivity contribution in [2.24, 2.45) is 0 Å². The third kappa shape index (κ3) is 3.06. The zero-order chi connectivity index (χ0) is 13.8. The molecule has 0 spiro atoms. The molecule has 0 bridgehead atoms. The number of hydrogen-bond donors (Lipinski definition) is 2. The summed E-state index contributed by atoms with van der Waals surface area (Å²) < 4.78 is 5.10. The van der Waals surface area contributed by atoms with Gasteiger partial charge in [0.2, 0.25) is 0 Å². The Morgan fingerprint density at radius 1 is 1.42 bits per heavy atom. The Labute approximate surface area is 116 Å². The number of hydrogen-bond acceptors (Lipinski definition) is 4. The zero-order valence-corrected chi connectivity index (χ0v) is 11.7. The summed E-state index contributed by atoms with van der Waals surface area (Å²) in [5, 5.41) is 4.91. The van der Waals surface area contributed by atoms with E-state index >= 15 is 0 Å². The van der Waals surface area contributed by atoms with Gasteiger partial charge in [-0.1, -0.05) is 6.07 Å². The van der Waals surface area contributed by atoms with E-state index < -0.39 is 0 Å². The predicted octanol–water partition coefficient (Wildman–Crippen LogP) is 2.83. The molecule has 1 amide bonds. The van der Waals surface area contributed by atoms with E-state index in [1.807, 2.05) is 24.4 Å². The molecule has 0 aliphatic heterocycles. The highest BCUT2D eigenvalue weighted by atomic mass is 32.1. The minimum Gasteiger partial charge on any atom is -0.497 e. The lowest BCUT2D eigenvalue weighted by atomic mass is 10.1. The normalized spacial score (nSPS) is 11.9. The summed E-state index contributed by atoms with van der Waals surface area (Å²) in [4.78, 5) is 13.3. The van der Waals surface area contributed by atoms with E-state index in [-0.39, 0.29) is 11.9 Å². The summed E-state index contributed by atoms with van der Waals surface area (Å²) in [6, 6.07) is 8.95. The van der Waals surface area contributed by atoms with Crippen molar-refractivity contribution >= 4 is 22.9 Å². The molecule has 19 heavy (non-hydrogen) atoms. The molecule has 2 rings (SSSR count). The molecule has 0 aliphatic rings. The standard InChI is InChI=1S/C14H16N2O2S/c1-9(13-4-3-7-19-13)16-14(17)11-8-10(18-2)5-6-12(11)15/h3-9H,15H2,1-2H3,(H,16,17)/t9-/m0/s1. The van der Waals surface area contributed by atoms with Crippen LogP contribution in [-0.2, 0) is 0 Å². The van der Waals surface area contributed by atoms with Crippen LogP contribution in [-0.4, -0.2) is 13.0 Å². The Hall–Kier alpha value is -2.01. The van der Waals surface area contributed by atoms with Crippen LogP contribution in [0, 0.1) is 0 Å². The van der Waals surface area contributed by atoms with E-state index in [9.17, 15) is 4.79 Å². The predicted molar refractivity (Wildman–Crippen MR) is 77.6 cm³/mol. The van der Waals surface area contributed by atoms with Gasteiger partial charge in [-0.2, -0.15) is 0 Å². The van der Waals surface area contributed by atoms with Crippen molar-refractivity contribution < 1.29 is 9.53 Å². The Kier molecular flexibility index (Phi) is 4.06. The second-order valence-electron chi connectivity index (χ2n) is 4.16. The van der Waals surface area contributed by atoms with Gasteiger partial charge in [0.25, 0.3) is 5.91 Å². The molecule has 1 aromatic heterocycles. The van der Waals surface area contributed by atoms with Crippen LogP contribution in [0.15, 0.2) is 35.7 Å². The molecule has 3 N–H and O–H groups in total. The second kappa shape index (κ2) is 5.75. The van der Waals surface area contributed by atoms with Gasteiger partial charge in [0.05, 0.1) is 18.7 Å². The van der Waals surface area contributed by atoms with Gasteiger partial charge >= 0.3 is 0 Å². The highest BCUT2D eigenvalue weighted by Crippen LogP contribution is 2.22. The number of nitrogen functional groups attached to an aromatic ring is 1. The van der Waals surface area contributed by atoms with Crippen molar-refractivity contribution in [1.29, 1.82) is 0 Å². The van der Waals surface area contributed by atoms with Gasteiger partial charge in [0, 0.05) is 10.6 Å². The number of thiophene rings is 1. The molecular weight excluding hydrogens is 260 g/mol. The van der Waals surface area contributed by atoms with Gasteiger partial charge in [-0.25, -0.2) is 0 Å². The number of methoxy groups -OCH3 is 1. The zero-order valence-electron chi connectivity index (χ0n) is 10.8. The Morgan fingerprint density at radius 3 is 2.84 bits per heavy atom. The lowest BCUT2D eigenvalue weighted by molar-refractivity contribution is 0.0941. The fourth-order valence-corrected chi connectivity index (χ4v) is 2.48. The van der Waals surface area contributed by atoms with Crippen LogP contribution in [0.2, 0.25) is 0 Å². The summed E-state index contributed by atoms with van der Waals surface area (Å²) in [5.41, 5.74) is 6.70. The van der Waals surface area contributed by atoms with E-state index in [2.05, 4.69) is 5.32 Å². The summed E-state index contributed by atoms with van der Waals surface area (Å²) in [7, 11) is 1.56. The van der Waals surface area contributed by atoms with Crippen molar-refractivity contribution in [3.63, 3.8) is 0 Å². The maximum Gasteiger partial charge on any atom is 0.254 e. The van der Waals surface area contributed by atoms with E-state index in [1.165, 1.54) is 0 Å². The third-order valence-corrected chi connectivity index (χ3v) is 3.88. The molecule has 0 saturated heterocycles. The van der Waals surface area contributed by atoms with Gasteiger partial charge in [0.1, 0.15) is 5.75 Å². The van der Waals surface area contributed by atoms with Crippen LogP contribution in [0.1, 0.15) is 28.2 Å². The van der Waals surface area contributed by atoms with Gasteiger partial charge in [0.15, 0.2) is 0 Å². The largest absolute Gasteiger partial charge is 0.497 e. The van der Waals surface area contributed by atoms with Crippen LogP contribution in [0.25, 0.3) is 0 Å². The average Bonchev–Trinajstić information content (AvgIpc) is 2.93. The molecule has 1 heterocycles. The molecule has 0 aliphatic carbocycles. The summed E-state index contributed by atoms with van der Waals surface area (Å²) in [6.07, 6.45) is 0. The number of amides is 1. The summed E-state index contributed by atoms with van der Waals surface area (Å²) in [5.74, 6) is 0.417. The Morgan fingerprint density at radius 2 is 2.21 bits per heavy atom. The van der Waals surface area contributed by atoms with Gasteiger partial charge < -0.3 is 15.8 Å². The van der Waals surface area contributed by atoms with E-state index in [4.69, 9.17) is 10.5 Å². The molecule has 0 radical (unpaired) electrons. The van der Waals surface area contributed by atoms with E-state index in [0.29, 0.717) is 17.0 Å². The molecule has 0 fully saturated rings. The first kappa shape index (κ1) is 13.4. The lowest BCUT2D eigenvalue weighted by Gasteiger charge is -2.14. The van der Waals surface area contributed by atoms with Gasteiger partial charge in [-0.3, -0.25) is 4.79 Å². The molecule has 100 valence electrons. The summed E-state index contributed by atoms with van der Waals surface area (Å²) >= 11 is 1.61. The SMILES string of the molecule is COc1ccc(N)c(C(=O)N[C@@H](C)c2cccs2)c1. The number of anilines is 1. The molecular formula is C14H16N2O2S. The van der Waals surface area contributed by atoms with Crippen molar-refractivity contribution in [2.75, 3.05) is 12.8 Å². The molecule has 4 nitrogen and oxygen atoms in total. The first-order valence-corrected chi connectivity index (χ1v) is 6.77. The highest BCUT2D eigenvalue weighted by Gasteiger charge is 2.15. The monoisotopic (exact) mass is 276 g/mol. The van der Waals surface area contributed by atoms with Crippen molar-refractivity contribution in [3.05, 3.63) is 46.2 Å². The minimum atomic E-state index is -0.197. The Bertz CT molecular complexity index is 567. The third-order valence-electron chi connectivity index (χ3n) is 2.82. The molecule has 5 heteroatoms. The van der Waals surface area contributed by atoms with Crippen LogP contribution in [0.5, 0.6) is 5.75 Å². The number of ether oxygens (including phenoxy) is 1. The second-order valence-corrected chi connectivity index (χ2v) is 5.14. The average molecular weight is 276 g/mol. The molecule has 1 atom stereocenters. The van der Waals surface area contributed by atoms with Gasteiger partial charge in [-0.05, 0) is 36.6 Å². The maximum atomic E-state index is 12.2. The van der Waals surface area contributed by atoms with Crippen molar-refractivity contribution in [3.8, 4) is 5.75 Å². The Balaban J connectivity index is 2.16. The first-order valence-electron chi connectivity index (χ1n) is 5.89. The van der Waals surface area contributed by atoms with Crippen LogP contribution < -0.4 is 15.8 Å². The lowest BCUT2D eigenvalue weighted by Crippen LogP contribution is -2.26. The van der Waals surface area contributed by atoms with Crippen molar-refractivity contribution in [2.45, 2.75) is 13.0 Å². The number of carbonyl (C=O) groups is 1. The first-order chi connectivity index (χ1) is 9.11. The van der Waals surface area contributed by atoms with E-state index in [0.717, 1.165) is 4.88 Å². The number of benzene rings is 1. The van der Waals surface area contributed by atoms with Crippen LogP contribution in [0.3, 0.4) is 0 Å². The molecule has 0 unspecified atom stereocenters. The fourth-order valence-electron chi connectivity index (χ4n) is 1.74. The number of rotatable bonds is 4. The summed E-state index contributed by atoms with van der Waals surface area (Å²) in [6.45, 7) is 1.94. The minimum absolute atomic E-state index is 0.0434. The quantitative estimate of drug-likeness (QED) is 0.844. The topological polar surface area (TPSA) is 64.3 Å². The molecule has 0 saturated carbocycles. The molecule has 2 aromatic rings.